The zero-order valence-electron chi connectivity index (χ0n) is 8.99. The zero-order chi connectivity index (χ0) is 11.5. The number of esters is 1. The number of nitrogens with two attached hydrogens (primary N) is 3. The van der Waals surface area contributed by atoms with Crippen molar-refractivity contribution in [2.75, 3.05) is 12.0 Å². The summed E-state index contributed by atoms with van der Waals surface area (Å²) < 4.78 is 5.12. The number of thioether (sulfide) groups is 1. The highest BCUT2D eigenvalue weighted by Crippen LogP contribution is 2.31. The molecule has 1 fully saturated rings. The molecule has 0 aliphatic heterocycles. The Morgan fingerprint density at radius 3 is 2.53 bits per heavy atom. The fourth-order valence-corrected chi connectivity index (χ4v) is 1.82. The molecular weight excluding hydrogens is 214 g/mol. The number of hydrogen-bond acceptors (Lipinski definition) is 6. The van der Waals surface area contributed by atoms with E-state index in [-0.39, 0.29) is 0 Å². The zero-order valence-corrected chi connectivity index (χ0v) is 9.81. The average molecular weight is 233 g/mol. The van der Waals surface area contributed by atoms with Crippen molar-refractivity contribution in [3.8, 4) is 0 Å². The first-order chi connectivity index (χ1) is 6.90. The number of carbonyl (C=O) groups is 1. The van der Waals surface area contributed by atoms with E-state index in [1.54, 1.807) is 11.8 Å². The van der Waals surface area contributed by atoms with Gasteiger partial charge in [0.25, 0.3) is 0 Å². The van der Waals surface area contributed by atoms with E-state index < -0.39 is 17.4 Å². The second-order valence-corrected chi connectivity index (χ2v) is 5.08. The van der Waals surface area contributed by atoms with E-state index in [0.717, 1.165) is 12.2 Å². The van der Waals surface area contributed by atoms with Gasteiger partial charge in [0.05, 0.1) is 0 Å². The summed E-state index contributed by atoms with van der Waals surface area (Å²) in [4.78, 5) is 11.6. The van der Waals surface area contributed by atoms with E-state index in [2.05, 4.69) is 0 Å². The van der Waals surface area contributed by atoms with Crippen LogP contribution in [0.2, 0.25) is 0 Å². The largest absolute Gasteiger partial charge is 0.442 e. The van der Waals surface area contributed by atoms with Crippen LogP contribution < -0.4 is 17.2 Å². The average Bonchev–Trinajstić information content (AvgIpc) is 2.12. The molecule has 0 aromatic heterocycles. The lowest BCUT2D eigenvalue weighted by atomic mass is 9.89. The van der Waals surface area contributed by atoms with Crippen molar-refractivity contribution in [2.24, 2.45) is 17.2 Å². The molecule has 88 valence electrons. The molecule has 0 heterocycles. The molecule has 1 saturated carbocycles. The molecule has 0 saturated heterocycles. The quantitative estimate of drug-likeness (QED) is 0.446. The Morgan fingerprint density at radius 1 is 1.53 bits per heavy atom. The smallest absolute Gasteiger partial charge is 0.342 e. The standard InChI is InChI=1S/C9H19N3O2S/c1-15-6-5-9(11,12)7(13)14-8(10)3-2-4-8/h2-6,10-12H2,1H3. The van der Waals surface area contributed by atoms with Crippen LogP contribution in [0.1, 0.15) is 25.7 Å². The van der Waals surface area contributed by atoms with Crippen LogP contribution in [-0.4, -0.2) is 29.4 Å². The second kappa shape index (κ2) is 4.69. The molecule has 0 amide bonds. The summed E-state index contributed by atoms with van der Waals surface area (Å²) in [5, 5.41) is 0. The molecule has 5 nitrogen and oxygen atoms in total. The van der Waals surface area contributed by atoms with Gasteiger partial charge in [0, 0.05) is 12.8 Å². The monoisotopic (exact) mass is 233 g/mol. The van der Waals surface area contributed by atoms with Gasteiger partial charge in [-0.3, -0.25) is 5.73 Å². The van der Waals surface area contributed by atoms with Gasteiger partial charge in [0.2, 0.25) is 0 Å². The Balaban J connectivity index is 2.43. The normalized spacial score (nSPS) is 19.5. The van der Waals surface area contributed by atoms with Crippen molar-refractivity contribution >= 4 is 17.7 Å². The Bertz CT molecular complexity index is 242. The maximum Gasteiger partial charge on any atom is 0.342 e. The lowest BCUT2D eigenvalue weighted by Gasteiger charge is -2.39. The predicted molar refractivity (Wildman–Crippen MR) is 61.0 cm³/mol. The summed E-state index contributed by atoms with van der Waals surface area (Å²) in [6.45, 7) is 0. The van der Waals surface area contributed by atoms with Crippen LogP contribution >= 0.6 is 11.8 Å². The minimum absolute atomic E-state index is 0.392. The molecule has 0 unspecified atom stereocenters. The molecule has 6 N–H and O–H groups in total. The number of carbonyl (C=O) groups excluding carboxylic acids is 1. The van der Waals surface area contributed by atoms with Crippen molar-refractivity contribution in [3.05, 3.63) is 0 Å². The predicted octanol–water partition coefficient (Wildman–Crippen LogP) is -0.265. The number of hydrogen-bond donors (Lipinski definition) is 3. The molecule has 0 atom stereocenters. The first-order valence-corrected chi connectivity index (χ1v) is 6.38. The third kappa shape index (κ3) is 3.34. The Labute approximate surface area is 94.1 Å². The topological polar surface area (TPSA) is 104 Å². The molecule has 0 radical (unpaired) electrons. The van der Waals surface area contributed by atoms with Gasteiger partial charge in [-0.2, -0.15) is 11.8 Å². The maximum atomic E-state index is 11.6. The summed E-state index contributed by atoms with van der Waals surface area (Å²) in [7, 11) is 0. The molecule has 0 spiro atoms. The van der Waals surface area contributed by atoms with E-state index in [4.69, 9.17) is 21.9 Å². The van der Waals surface area contributed by atoms with Crippen molar-refractivity contribution in [2.45, 2.75) is 37.1 Å². The first kappa shape index (κ1) is 12.8. The lowest BCUT2D eigenvalue weighted by Crippen LogP contribution is -2.62. The lowest BCUT2D eigenvalue weighted by molar-refractivity contribution is -0.175. The third-order valence-electron chi connectivity index (χ3n) is 2.60. The molecule has 0 aromatic carbocycles. The molecule has 6 heteroatoms. The molecule has 1 aliphatic rings. The van der Waals surface area contributed by atoms with E-state index in [1.165, 1.54) is 0 Å². The Morgan fingerprint density at radius 2 is 2.13 bits per heavy atom. The second-order valence-electron chi connectivity index (χ2n) is 4.09. The molecule has 0 aromatic rings. The maximum absolute atomic E-state index is 11.6. The molecule has 1 aliphatic carbocycles. The molecule has 0 bridgehead atoms. The fraction of sp³-hybridized carbons (Fsp3) is 0.889. The summed E-state index contributed by atoms with van der Waals surface area (Å²) in [6.07, 6.45) is 4.69. The fourth-order valence-electron chi connectivity index (χ4n) is 1.28. The van der Waals surface area contributed by atoms with Gasteiger partial charge in [-0.05, 0) is 24.9 Å². The van der Waals surface area contributed by atoms with Crippen molar-refractivity contribution in [1.29, 1.82) is 0 Å². The van der Waals surface area contributed by atoms with Crippen LogP contribution in [0, 0.1) is 0 Å². The Kier molecular flexibility index (Phi) is 3.99. The van der Waals surface area contributed by atoms with Gasteiger partial charge in [-0.25, -0.2) is 4.79 Å². The molecular formula is C9H19N3O2S. The van der Waals surface area contributed by atoms with Crippen molar-refractivity contribution < 1.29 is 9.53 Å². The van der Waals surface area contributed by atoms with Crippen LogP contribution in [0.25, 0.3) is 0 Å². The van der Waals surface area contributed by atoms with Crippen LogP contribution in [-0.2, 0) is 9.53 Å². The summed E-state index contributed by atoms with van der Waals surface area (Å²) >= 11 is 1.58. The minimum Gasteiger partial charge on any atom is -0.442 e. The van der Waals surface area contributed by atoms with Gasteiger partial charge in [-0.1, -0.05) is 0 Å². The van der Waals surface area contributed by atoms with Gasteiger partial charge < -0.3 is 16.2 Å². The minimum atomic E-state index is -1.41. The highest BCUT2D eigenvalue weighted by molar-refractivity contribution is 7.98. The Hall–Kier alpha value is -0.300. The van der Waals surface area contributed by atoms with Gasteiger partial charge in [0.1, 0.15) is 0 Å². The van der Waals surface area contributed by atoms with Gasteiger partial charge in [-0.15, -0.1) is 0 Å². The van der Waals surface area contributed by atoms with Crippen LogP contribution in [0.4, 0.5) is 0 Å². The van der Waals surface area contributed by atoms with E-state index in [0.29, 0.717) is 19.3 Å². The molecule has 15 heavy (non-hydrogen) atoms. The highest BCUT2D eigenvalue weighted by atomic mass is 32.2. The number of rotatable bonds is 5. The van der Waals surface area contributed by atoms with Crippen molar-refractivity contribution in [3.63, 3.8) is 0 Å². The van der Waals surface area contributed by atoms with Crippen LogP contribution in [0.15, 0.2) is 0 Å². The van der Waals surface area contributed by atoms with Crippen LogP contribution in [0.5, 0.6) is 0 Å². The van der Waals surface area contributed by atoms with E-state index in [9.17, 15) is 4.79 Å². The molecule has 1 rings (SSSR count). The van der Waals surface area contributed by atoms with Crippen molar-refractivity contribution in [1.82, 2.24) is 0 Å². The van der Waals surface area contributed by atoms with Gasteiger partial charge >= 0.3 is 5.97 Å². The summed E-state index contributed by atoms with van der Waals surface area (Å²) in [5.41, 5.74) is 14.9. The number of ether oxygens (including phenoxy) is 1. The third-order valence-corrected chi connectivity index (χ3v) is 3.21. The first-order valence-electron chi connectivity index (χ1n) is 4.99. The SMILES string of the molecule is CSCCC(N)(N)C(=O)OC1(N)CCC1. The van der Waals surface area contributed by atoms with E-state index >= 15 is 0 Å². The van der Waals surface area contributed by atoms with E-state index in [1.807, 2.05) is 6.26 Å². The summed E-state index contributed by atoms with van der Waals surface area (Å²) in [6, 6.07) is 0. The highest BCUT2D eigenvalue weighted by Gasteiger charge is 2.41. The van der Waals surface area contributed by atoms with Gasteiger partial charge in [0.15, 0.2) is 11.4 Å². The van der Waals surface area contributed by atoms with Crippen LogP contribution in [0.3, 0.4) is 0 Å². The summed E-state index contributed by atoms with van der Waals surface area (Å²) in [5.74, 6) is 0.124.